The number of amides is 2. The van der Waals surface area contributed by atoms with Crippen LogP contribution in [0.1, 0.15) is 12.5 Å². The van der Waals surface area contributed by atoms with E-state index in [-0.39, 0.29) is 31.2 Å². The van der Waals surface area contributed by atoms with Gasteiger partial charge in [0, 0.05) is 24.2 Å². The molecule has 0 spiro atoms. The molecule has 0 aliphatic heterocycles. The second-order valence-corrected chi connectivity index (χ2v) is 8.52. The van der Waals surface area contributed by atoms with Crippen LogP contribution in [-0.2, 0) is 21.4 Å². The van der Waals surface area contributed by atoms with Crippen molar-refractivity contribution in [3.63, 3.8) is 0 Å². The zero-order valence-corrected chi connectivity index (χ0v) is 18.6. The largest absolute Gasteiger partial charge is 0.495 e. The van der Waals surface area contributed by atoms with Crippen LogP contribution in [0.25, 0.3) is 0 Å². The van der Waals surface area contributed by atoms with Gasteiger partial charge in [-0.2, -0.15) is 8.42 Å². The summed E-state index contributed by atoms with van der Waals surface area (Å²) in [6, 6.07) is 11.2. The minimum absolute atomic E-state index is 0.0550. The molecule has 0 atom stereocenters. The molecule has 2 aromatic rings. The van der Waals surface area contributed by atoms with Crippen LogP contribution in [0.15, 0.2) is 42.5 Å². The lowest BCUT2D eigenvalue weighted by atomic mass is 10.2. The summed E-state index contributed by atoms with van der Waals surface area (Å²) in [6.45, 7) is 2.07. The maximum Gasteiger partial charge on any atom is 0.322 e. The minimum atomic E-state index is -3.74. The molecule has 0 aliphatic rings. The quantitative estimate of drug-likeness (QED) is 0.547. The lowest BCUT2D eigenvalue weighted by Crippen LogP contribution is -2.37. The molecule has 10 heteroatoms. The molecule has 30 heavy (non-hydrogen) atoms. The molecule has 0 aromatic heterocycles. The highest BCUT2D eigenvalue weighted by molar-refractivity contribution is 7.87. The van der Waals surface area contributed by atoms with E-state index in [9.17, 15) is 13.2 Å². The first-order chi connectivity index (χ1) is 14.3. The van der Waals surface area contributed by atoms with Gasteiger partial charge in [0.15, 0.2) is 0 Å². The lowest BCUT2D eigenvalue weighted by molar-refractivity contribution is 0.152. The second-order valence-electron chi connectivity index (χ2n) is 6.23. The summed E-state index contributed by atoms with van der Waals surface area (Å²) in [5.41, 5.74) is 0.953. The van der Waals surface area contributed by atoms with Gasteiger partial charge in [-0.1, -0.05) is 23.7 Å². The zero-order valence-electron chi connectivity index (χ0n) is 17.1. The Morgan fingerprint density at radius 2 is 1.87 bits per heavy atom. The highest BCUT2D eigenvalue weighted by atomic mass is 35.5. The molecule has 2 amide bonds. The van der Waals surface area contributed by atoms with Gasteiger partial charge in [0.25, 0.3) is 0 Å². The van der Waals surface area contributed by atoms with E-state index in [1.54, 1.807) is 30.3 Å². The van der Waals surface area contributed by atoms with Crippen molar-refractivity contribution in [1.82, 2.24) is 4.90 Å². The number of rotatable bonds is 10. The number of nitrogens with one attached hydrogen (secondary N) is 1. The highest BCUT2D eigenvalue weighted by Crippen LogP contribution is 2.27. The van der Waals surface area contributed by atoms with Crippen LogP contribution >= 0.6 is 11.6 Å². The molecule has 0 aliphatic carbocycles. The van der Waals surface area contributed by atoms with Crippen LogP contribution in [-0.4, -0.2) is 52.5 Å². The third-order valence-corrected chi connectivity index (χ3v) is 5.53. The van der Waals surface area contributed by atoms with Crippen LogP contribution in [0.5, 0.6) is 11.5 Å². The number of ether oxygens (including phenoxy) is 2. The van der Waals surface area contributed by atoms with E-state index in [1.165, 1.54) is 38.2 Å². The lowest BCUT2D eigenvalue weighted by Gasteiger charge is -2.24. The Kier molecular flexibility index (Phi) is 8.76. The van der Waals surface area contributed by atoms with Crippen molar-refractivity contribution < 1.29 is 26.9 Å². The molecule has 0 fully saturated rings. The Hall–Kier alpha value is -2.49. The van der Waals surface area contributed by atoms with Crippen LogP contribution < -0.4 is 14.2 Å². The molecule has 8 nitrogen and oxygen atoms in total. The van der Waals surface area contributed by atoms with Crippen LogP contribution in [0.3, 0.4) is 0 Å². The van der Waals surface area contributed by atoms with E-state index < -0.39 is 16.1 Å². The summed E-state index contributed by atoms with van der Waals surface area (Å²) in [6.07, 6.45) is 0. The number of para-hydroxylation sites is 2. The number of benzene rings is 2. The summed E-state index contributed by atoms with van der Waals surface area (Å²) >= 11 is 6.09. The Morgan fingerprint density at radius 3 is 2.53 bits per heavy atom. The van der Waals surface area contributed by atoms with Crippen molar-refractivity contribution in [3.05, 3.63) is 53.1 Å². The number of hydrogen-bond donors (Lipinski definition) is 1. The standard InChI is InChI=1S/C20H25ClN2O6S/c1-4-30(25,26)29-18-10-9-16(21)13-15(18)14-23(11-12-27-2)20(24)22-17-7-5-6-8-19(17)28-3/h5-10,13H,4,11-12,14H2,1-3H3,(H,22,24). The second kappa shape index (κ2) is 11.1. The van der Waals surface area contributed by atoms with Crippen molar-refractivity contribution in [1.29, 1.82) is 0 Å². The Morgan fingerprint density at radius 1 is 1.13 bits per heavy atom. The first-order valence-electron chi connectivity index (χ1n) is 9.18. The smallest absolute Gasteiger partial charge is 0.322 e. The van der Waals surface area contributed by atoms with Crippen LogP contribution in [0.2, 0.25) is 5.02 Å². The number of hydrogen-bond acceptors (Lipinski definition) is 6. The first-order valence-corrected chi connectivity index (χ1v) is 11.1. The predicted octanol–water partition coefficient (Wildman–Crippen LogP) is 3.76. The maximum absolute atomic E-state index is 12.9. The molecule has 0 unspecified atom stereocenters. The number of urea groups is 1. The van der Waals surface area contributed by atoms with Gasteiger partial charge in [0.1, 0.15) is 11.5 Å². The summed E-state index contributed by atoms with van der Waals surface area (Å²) in [5.74, 6) is 0.448. The van der Waals surface area contributed by atoms with E-state index in [4.69, 9.17) is 25.3 Å². The Bertz CT molecular complexity index is 968. The van der Waals surface area contributed by atoms with E-state index >= 15 is 0 Å². The number of halogens is 1. The molecule has 0 radical (unpaired) electrons. The fourth-order valence-electron chi connectivity index (χ4n) is 2.55. The van der Waals surface area contributed by atoms with Crippen LogP contribution in [0, 0.1) is 0 Å². The van der Waals surface area contributed by atoms with Gasteiger partial charge >= 0.3 is 16.1 Å². The summed E-state index contributed by atoms with van der Waals surface area (Å²) < 4.78 is 39.4. The van der Waals surface area contributed by atoms with Crippen LogP contribution in [0.4, 0.5) is 10.5 Å². The molecule has 0 saturated carbocycles. The van der Waals surface area contributed by atoms with Crippen molar-refractivity contribution in [2.24, 2.45) is 0 Å². The van der Waals surface area contributed by atoms with Gasteiger partial charge in [0.2, 0.25) is 0 Å². The molecule has 0 bridgehead atoms. The summed E-state index contributed by atoms with van der Waals surface area (Å²) in [5, 5.41) is 3.19. The van der Waals surface area contributed by atoms with Gasteiger partial charge in [0.05, 0.1) is 31.7 Å². The number of carbonyl (C=O) groups excluding carboxylic acids is 1. The average molecular weight is 457 g/mol. The van der Waals surface area contributed by atoms with Gasteiger partial charge in [-0.25, -0.2) is 4.79 Å². The molecule has 1 N–H and O–H groups in total. The van der Waals surface area contributed by atoms with E-state index in [2.05, 4.69) is 5.32 Å². The third kappa shape index (κ3) is 6.79. The number of nitrogens with zero attached hydrogens (tertiary/aromatic N) is 1. The molecular weight excluding hydrogens is 432 g/mol. The zero-order chi connectivity index (χ0) is 22.1. The monoisotopic (exact) mass is 456 g/mol. The molecule has 164 valence electrons. The molecule has 2 aromatic carbocycles. The van der Waals surface area contributed by atoms with Gasteiger partial charge in [-0.05, 0) is 37.3 Å². The molecule has 0 heterocycles. The number of carbonyl (C=O) groups is 1. The van der Waals surface area contributed by atoms with Gasteiger partial charge in [-0.3, -0.25) is 0 Å². The van der Waals surface area contributed by atoms with Crippen molar-refractivity contribution in [2.75, 3.05) is 38.4 Å². The summed E-state index contributed by atoms with van der Waals surface area (Å²) in [7, 11) is -0.705. The SMILES string of the molecule is CCS(=O)(=O)Oc1ccc(Cl)cc1CN(CCOC)C(=O)Nc1ccccc1OC. The maximum atomic E-state index is 12.9. The first kappa shape index (κ1) is 23.8. The van der Waals surface area contributed by atoms with Gasteiger partial charge < -0.3 is 23.9 Å². The van der Waals surface area contributed by atoms with E-state index in [0.717, 1.165) is 0 Å². The third-order valence-electron chi connectivity index (χ3n) is 4.16. The molecule has 2 rings (SSSR count). The fourth-order valence-corrected chi connectivity index (χ4v) is 3.30. The normalized spacial score (nSPS) is 11.1. The summed E-state index contributed by atoms with van der Waals surface area (Å²) in [4.78, 5) is 14.4. The number of methoxy groups -OCH3 is 2. The highest BCUT2D eigenvalue weighted by Gasteiger charge is 2.20. The van der Waals surface area contributed by atoms with Crippen molar-refractivity contribution in [2.45, 2.75) is 13.5 Å². The van der Waals surface area contributed by atoms with E-state index in [0.29, 0.717) is 22.0 Å². The molecule has 0 saturated heterocycles. The average Bonchev–Trinajstić information content (AvgIpc) is 2.73. The Labute approximate surface area is 181 Å². The number of anilines is 1. The van der Waals surface area contributed by atoms with Crippen molar-refractivity contribution >= 4 is 33.4 Å². The topological polar surface area (TPSA) is 94.2 Å². The minimum Gasteiger partial charge on any atom is -0.495 e. The Balaban J connectivity index is 2.29. The van der Waals surface area contributed by atoms with Gasteiger partial charge in [-0.15, -0.1) is 0 Å². The fraction of sp³-hybridized carbons (Fsp3) is 0.350. The molecular formula is C20H25ClN2O6S. The predicted molar refractivity (Wildman–Crippen MR) is 116 cm³/mol. The van der Waals surface area contributed by atoms with E-state index in [1.807, 2.05) is 0 Å². The van der Waals surface area contributed by atoms with Crippen molar-refractivity contribution in [3.8, 4) is 11.5 Å².